The lowest BCUT2D eigenvalue weighted by Gasteiger charge is -2.39. The molecule has 0 N–H and O–H groups in total. The molecule has 0 aliphatic heterocycles. The fourth-order valence-corrected chi connectivity index (χ4v) is 2.14. The van der Waals surface area contributed by atoms with E-state index in [4.69, 9.17) is 10.00 Å². The molecule has 1 fully saturated rings. The van der Waals surface area contributed by atoms with Crippen molar-refractivity contribution in [3.63, 3.8) is 0 Å². The number of esters is 1. The molecule has 0 saturated heterocycles. The number of carbonyl (C=O) groups is 1. The molecule has 5 heteroatoms. The number of nitriles is 1. The minimum absolute atomic E-state index is 0.0341. The summed E-state index contributed by atoms with van der Waals surface area (Å²) in [5.41, 5.74) is -1.92. The van der Waals surface area contributed by atoms with Crippen LogP contribution in [-0.4, -0.2) is 18.5 Å². The zero-order valence-corrected chi connectivity index (χ0v) is 9.26. The Balaban J connectivity index is 3.02. The molecule has 0 spiro atoms. The van der Waals surface area contributed by atoms with Gasteiger partial charge in [-0.25, -0.2) is 8.78 Å². The average Bonchev–Trinajstić information content (AvgIpc) is 2.21. The van der Waals surface area contributed by atoms with Crippen LogP contribution in [0.1, 0.15) is 39.0 Å². The SMILES string of the molecule is CCOC(=O)C1(CC#N)CCCCC1(F)F. The topological polar surface area (TPSA) is 50.1 Å². The van der Waals surface area contributed by atoms with E-state index in [-0.39, 0.29) is 19.4 Å². The lowest BCUT2D eigenvalue weighted by atomic mass is 9.69. The third-order valence-corrected chi connectivity index (χ3v) is 3.09. The first kappa shape index (κ1) is 12.9. The Morgan fingerprint density at radius 2 is 2.06 bits per heavy atom. The van der Waals surface area contributed by atoms with Crippen LogP contribution in [-0.2, 0) is 9.53 Å². The number of halogens is 2. The summed E-state index contributed by atoms with van der Waals surface area (Å²) in [5.74, 6) is -4.06. The van der Waals surface area contributed by atoms with Crippen LogP contribution in [0.2, 0.25) is 0 Å². The Morgan fingerprint density at radius 3 is 2.56 bits per heavy atom. The zero-order valence-electron chi connectivity index (χ0n) is 9.26. The van der Waals surface area contributed by atoms with E-state index in [0.717, 1.165) is 0 Å². The molecule has 1 aliphatic rings. The molecule has 0 radical (unpaired) electrons. The molecule has 1 aliphatic carbocycles. The van der Waals surface area contributed by atoms with E-state index < -0.39 is 23.7 Å². The van der Waals surface area contributed by atoms with Crippen molar-refractivity contribution in [2.45, 2.75) is 45.0 Å². The van der Waals surface area contributed by atoms with Crippen molar-refractivity contribution in [1.82, 2.24) is 0 Å². The van der Waals surface area contributed by atoms with Gasteiger partial charge in [0, 0.05) is 6.42 Å². The summed E-state index contributed by atoms with van der Waals surface area (Å²) in [6, 6.07) is 1.69. The summed E-state index contributed by atoms with van der Waals surface area (Å²) >= 11 is 0. The van der Waals surface area contributed by atoms with Crippen molar-refractivity contribution in [1.29, 1.82) is 5.26 Å². The first-order chi connectivity index (χ1) is 7.50. The molecule has 0 bridgehead atoms. The minimum atomic E-state index is -3.13. The third-order valence-electron chi connectivity index (χ3n) is 3.09. The van der Waals surface area contributed by atoms with E-state index in [1.54, 1.807) is 13.0 Å². The van der Waals surface area contributed by atoms with Gasteiger partial charge in [0.05, 0.1) is 19.1 Å². The molecule has 0 amide bonds. The van der Waals surface area contributed by atoms with E-state index in [0.29, 0.717) is 12.8 Å². The van der Waals surface area contributed by atoms with Crippen LogP contribution in [0.3, 0.4) is 0 Å². The van der Waals surface area contributed by atoms with Gasteiger partial charge in [-0.1, -0.05) is 6.42 Å². The predicted octanol–water partition coefficient (Wildman–Crippen LogP) is 2.66. The molecule has 3 nitrogen and oxygen atoms in total. The molecule has 1 atom stereocenters. The van der Waals surface area contributed by atoms with Crippen LogP contribution in [0.15, 0.2) is 0 Å². The van der Waals surface area contributed by atoms with Gasteiger partial charge >= 0.3 is 5.97 Å². The number of hydrogen-bond donors (Lipinski definition) is 0. The van der Waals surface area contributed by atoms with Gasteiger partial charge in [-0.2, -0.15) is 5.26 Å². The number of carbonyl (C=O) groups excluding carboxylic acids is 1. The summed E-state index contributed by atoms with van der Waals surface area (Å²) in [6.07, 6.45) is 0.147. The maximum absolute atomic E-state index is 13.8. The van der Waals surface area contributed by atoms with Gasteiger partial charge < -0.3 is 4.74 Å². The maximum atomic E-state index is 13.8. The van der Waals surface area contributed by atoms with Crippen molar-refractivity contribution >= 4 is 5.97 Å². The summed E-state index contributed by atoms with van der Waals surface area (Å²) < 4.78 is 32.4. The molecule has 0 aromatic carbocycles. The molecule has 1 saturated carbocycles. The number of ether oxygens (including phenoxy) is 1. The van der Waals surface area contributed by atoms with E-state index in [1.165, 1.54) is 0 Å². The number of rotatable bonds is 3. The average molecular weight is 231 g/mol. The van der Waals surface area contributed by atoms with E-state index >= 15 is 0 Å². The van der Waals surface area contributed by atoms with Crippen LogP contribution in [0.25, 0.3) is 0 Å². The quantitative estimate of drug-likeness (QED) is 0.701. The largest absolute Gasteiger partial charge is 0.465 e. The molecular formula is C11H15F2NO2. The molecule has 0 aromatic heterocycles. The second-order valence-corrected chi connectivity index (χ2v) is 4.05. The third kappa shape index (κ3) is 2.01. The van der Waals surface area contributed by atoms with Crippen molar-refractivity contribution in [2.24, 2.45) is 5.41 Å². The Labute approximate surface area is 93.4 Å². The summed E-state index contributed by atoms with van der Waals surface area (Å²) in [7, 11) is 0. The second-order valence-electron chi connectivity index (χ2n) is 4.05. The normalized spacial score (nSPS) is 28.1. The minimum Gasteiger partial charge on any atom is -0.465 e. The van der Waals surface area contributed by atoms with Crippen molar-refractivity contribution in [3.05, 3.63) is 0 Å². The number of alkyl halides is 2. The molecule has 1 unspecified atom stereocenters. The predicted molar refractivity (Wildman–Crippen MR) is 52.7 cm³/mol. The van der Waals surface area contributed by atoms with Crippen LogP contribution < -0.4 is 0 Å². The summed E-state index contributed by atoms with van der Waals surface area (Å²) in [6.45, 7) is 1.63. The fourth-order valence-electron chi connectivity index (χ4n) is 2.14. The number of hydrogen-bond acceptors (Lipinski definition) is 3. The van der Waals surface area contributed by atoms with Gasteiger partial charge in [-0.05, 0) is 19.8 Å². The first-order valence-electron chi connectivity index (χ1n) is 5.42. The highest BCUT2D eigenvalue weighted by molar-refractivity contribution is 5.78. The highest BCUT2D eigenvalue weighted by Crippen LogP contribution is 2.51. The first-order valence-corrected chi connectivity index (χ1v) is 5.42. The Morgan fingerprint density at radius 1 is 1.44 bits per heavy atom. The van der Waals surface area contributed by atoms with Gasteiger partial charge in [0.1, 0.15) is 5.41 Å². The second kappa shape index (κ2) is 4.77. The molecule has 1 rings (SSSR count). The van der Waals surface area contributed by atoms with E-state index in [2.05, 4.69) is 0 Å². The van der Waals surface area contributed by atoms with Gasteiger partial charge in [0.25, 0.3) is 5.92 Å². The van der Waals surface area contributed by atoms with Crippen LogP contribution in [0.4, 0.5) is 8.78 Å². The lowest BCUT2D eigenvalue weighted by molar-refractivity contribution is -0.194. The van der Waals surface area contributed by atoms with Gasteiger partial charge in [-0.15, -0.1) is 0 Å². The van der Waals surface area contributed by atoms with Gasteiger partial charge in [-0.3, -0.25) is 4.79 Å². The Hall–Kier alpha value is -1.18. The van der Waals surface area contributed by atoms with Crippen LogP contribution in [0.5, 0.6) is 0 Å². The van der Waals surface area contributed by atoms with Crippen LogP contribution in [0, 0.1) is 16.7 Å². The van der Waals surface area contributed by atoms with Gasteiger partial charge in [0.15, 0.2) is 0 Å². The standard InChI is InChI=1S/C11H15F2NO2/c1-2-16-9(15)10(7-8-14)5-3-4-6-11(10,12)13/h2-7H2,1H3. The molecule has 0 aromatic rings. The van der Waals surface area contributed by atoms with Crippen molar-refractivity contribution in [2.75, 3.05) is 6.61 Å². The monoisotopic (exact) mass is 231 g/mol. The Kier molecular flexibility index (Phi) is 3.84. The summed E-state index contributed by atoms with van der Waals surface area (Å²) in [5, 5.41) is 8.64. The molecular weight excluding hydrogens is 216 g/mol. The number of nitrogens with zero attached hydrogens (tertiary/aromatic N) is 1. The summed E-state index contributed by atoms with van der Waals surface area (Å²) in [4.78, 5) is 11.7. The smallest absolute Gasteiger partial charge is 0.319 e. The maximum Gasteiger partial charge on any atom is 0.319 e. The molecule has 0 heterocycles. The highest BCUT2D eigenvalue weighted by atomic mass is 19.3. The zero-order chi connectivity index (χ0) is 12.2. The van der Waals surface area contributed by atoms with Crippen molar-refractivity contribution < 1.29 is 18.3 Å². The molecule has 90 valence electrons. The fraction of sp³-hybridized carbons (Fsp3) is 0.818. The van der Waals surface area contributed by atoms with Crippen molar-refractivity contribution in [3.8, 4) is 6.07 Å². The van der Waals surface area contributed by atoms with E-state index in [9.17, 15) is 13.6 Å². The Bertz CT molecular complexity index is 312. The highest BCUT2D eigenvalue weighted by Gasteiger charge is 2.60. The van der Waals surface area contributed by atoms with Crippen LogP contribution >= 0.6 is 0 Å². The molecule has 16 heavy (non-hydrogen) atoms. The van der Waals surface area contributed by atoms with Gasteiger partial charge in [0.2, 0.25) is 0 Å². The van der Waals surface area contributed by atoms with E-state index in [1.807, 2.05) is 0 Å². The lowest BCUT2D eigenvalue weighted by Crippen LogP contribution is -2.50.